The van der Waals surface area contributed by atoms with Crippen molar-refractivity contribution in [3.63, 3.8) is 0 Å². The summed E-state index contributed by atoms with van der Waals surface area (Å²) < 4.78 is 0. The first-order chi connectivity index (χ1) is 13.9. The molecule has 5 rings (SSSR count). The fourth-order valence-corrected chi connectivity index (χ4v) is 4.90. The van der Waals surface area contributed by atoms with Crippen molar-refractivity contribution in [3.05, 3.63) is 64.2 Å². The summed E-state index contributed by atoms with van der Waals surface area (Å²) in [5, 5.41) is 16.9. The highest BCUT2D eigenvalue weighted by atomic mass is 16.6. The van der Waals surface area contributed by atoms with Crippen LogP contribution in [0.4, 0.5) is 17.1 Å². The van der Waals surface area contributed by atoms with E-state index in [1.807, 2.05) is 0 Å². The molecule has 0 aliphatic carbocycles. The fourth-order valence-electron chi connectivity index (χ4n) is 4.90. The second-order valence-corrected chi connectivity index (χ2v) is 7.53. The highest BCUT2D eigenvalue weighted by Gasteiger charge is 2.69. The topological polar surface area (TPSA) is 122 Å². The molecule has 0 aromatic heterocycles. The highest BCUT2D eigenvalue weighted by molar-refractivity contribution is 6.25. The summed E-state index contributed by atoms with van der Waals surface area (Å²) >= 11 is 0. The van der Waals surface area contributed by atoms with Gasteiger partial charge in [0.05, 0.1) is 22.4 Å². The number of para-hydroxylation sites is 1. The third-order valence-corrected chi connectivity index (χ3v) is 6.09. The van der Waals surface area contributed by atoms with Crippen LogP contribution >= 0.6 is 0 Å². The standard InChI is InChI=1S/C20H16N4O5/c1-10-15-16(20(22-10)13-4-2-3-5-14(13)21-19(20)27)18(26)23(17(15)25)11-6-8-12(9-7-11)24(28)29/h2-10,15-16,22H,1H3,(H,21,27)/t10-,15+,16+,20+/m1/s1. The summed E-state index contributed by atoms with van der Waals surface area (Å²) in [7, 11) is 0. The van der Waals surface area contributed by atoms with Gasteiger partial charge in [-0.2, -0.15) is 0 Å². The quantitative estimate of drug-likeness (QED) is 0.454. The van der Waals surface area contributed by atoms with Gasteiger partial charge in [-0.15, -0.1) is 0 Å². The Bertz CT molecular complexity index is 1100. The molecular weight excluding hydrogens is 376 g/mol. The Kier molecular flexibility index (Phi) is 3.45. The SMILES string of the molecule is C[C@H]1N[C@]2(C(=O)Nc3ccccc32)[C@@H]2C(=O)N(c3ccc([N+](=O)[O-])cc3)C(=O)[C@H]21. The molecule has 29 heavy (non-hydrogen) atoms. The summed E-state index contributed by atoms with van der Waals surface area (Å²) in [6.07, 6.45) is 0. The summed E-state index contributed by atoms with van der Waals surface area (Å²) in [4.78, 5) is 51.0. The zero-order chi connectivity index (χ0) is 20.5. The molecule has 2 aromatic carbocycles. The predicted octanol–water partition coefficient (Wildman–Crippen LogP) is 1.54. The first kappa shape index (κ1) is 17.5. The highest BCUT2D eigenvalue weighted by Crippen LogP contribution is 2.53. The molecule has 3 aliphatic rings. The molecule has 2 fully saturated rings. The number of hydrogen-bond acceptors (Lipinski definition) is 6. The molecule has 2 aromatic rings. The molecule has 3 amide bonds. The van der Waals surface area contributed by atoms with Crippen LogP contribution in [0.2, 0.25) is 0 Å². The van der Waals surface area contributed by atoms with Crippen LogP contribution in [0.15, 0.2) is 48.5 Å². The molecule has 2 N–H and O–H groups in total. The van der Waals surface area contributed by atoms with Crippen molar-refractivity contribution in [3.8, 4) is 0 Å². The second-order valence-electron chi connectivity index (χ2n) is 7.53. The van der Waals surface area contributed by atoms with E-state index >= 15 is 0 Å². The third-order valence-electron chi connectivity index (χ3n) is 6.09. The predicted molar refractivity (Wildman–Crippen MR) is 102 cm³/mol. The van der Waals surface area contributed by atoms with Gasteiger partial charge in [0, 0.05) is 29.4 Å². The van der Waals surface area contributed by atoms with E-state index in [0.717, 1.165) is 4.90 Å². The molecule has 0 unspecified atom stereocenters. The molecule has 146 valence electrons. The Balaban J connectivity index is 1.61. The van der Waals surface area contributed by atoms with Gasteiger partial charge >= 0.3 is 0 Å². The number of hydrogen-bond donors (Lipinski definition) is 2. The van der Waals surface area contributed by atoms with E-state index < -0.39 is 40.2 Å². The molecule has 0 saturated carbocycles. The number of nitro benzene ring substituents is 1. The van der Waals surface area contributed by atoms with Crippen LogP contribution in [0, 0.1) is 22.0 Å². The smallest absolute Gasteiger partial charge is 0.269 e. The Labute approximate surface area is 164 Å². The number of carbonyl (C=O) groups is 3. The van der Waals surface area contributed by atoms with E-state index in [0.29, 0.717) is 11.3 Å². The number of benzene rings is 2. The third kappa shape index (κ3) is 2.10. The fraction of sp³-hybridized carbons (Fsp3) is 0.250. The average Bonchev–Trinajstić information content (AvgIpc) is 3.26. The normalized spacial score (nSPS) is 29.9. The van der Waals surface area contributed by atoms with Gasteiger partial charge in [0.25, 0.3) is 5.69 Å². The van der Waals surface area contributed by atoms with E-state index in [2.05, 4.69) is 10.6 Å². The van der Waals surface area contributed by atoms with E-state index in [1.165, 1.54) is 24.3 Å². The number of imide groups is 1. The van der Waals surface area contributed by atoms with Gasteiger partial charge in [0.15, 0.2) is 0 Å². The van der Waals surface area contributed by atoms with E-state index in [9.17, 15) is 24.5 Å². The second kappa shape index (κ2) is 5.71. The van der Waals surface area contributed by atoms with Gasteiger partial charge < -0.3 is 5.32 Å². The van der Waals surface area contributed by atoms with E-state index in [4.69, 9.17) is 0 Å². The van der Waals surface area contributed by atoms with Crippen LogP contribution < -0.4 is 15.5 Å². The number of nitrogens with one attached hydrogen (secondary N) is 2. The van der Waals surface area contributed by atoms with Crippen LogP contribution in [0.25, 0.3) is 0 Å². The van der Waals surface area contributed by atoms with Gasteiger partial charge in [-0.3, -0.25) is 29.8 Å². The molecule has 1 spiro atoms. The van der Waals surface area contributed by atoms with Crippen LogP contribution in [0.1, 0.15) is 12.5 Å². The van der Waals surface area contributed by atoms with Crippen LogP contribution in [-0.2, 0) is 19.9 Å². The summed E-state index contributed by atoms with van der Waals surface area (Å²) in [6.45, 7) is 1.78. The molecule has 2 saturated heterocycles. The lowest BCUT2D eigenvalue weighted by molar-refractivity contribution is -0.384. The minimum absolute atomic E-state index is 0.136. The molecule has 0 radical (unpaired) electrons. The molecule has 3 heterocycles. The van der Waals surface area contributed by atoms with E-state index in [-0.39, 0.29) is 17.3 Å². The van der Waals surface area contributed by atoms with Crippen LogP contribution in [-0.4, -0.2) is 28.7 Å². The average molecular weight is 392 g/mol. The van der Waals surface area contributed by atoms with E-state index in [1.54, 1.807) is 31.2 Å². The van der Waals surface area contributed by atoms with Gasteiger partial charge in [-0.25, -0.2) is 4.90 Å². The van der Waals surface area contributed by atoms with Crippen molar-refractivity contribution in [2.45, 2.75) is 18.5 Å². The molecule has 4 atom stereocenters. The maximum absolute atomic E-state index is 13.4. The minimum atomic E-state index is -1.32. The lowest BCUT2D eigenvalue weighted by Crippen LogP contribution is -2.53. The van der Waals surface area contributed by atoms with Crippen molar-refractivity contribution in [1.29, 1.82) is 0 Å². The summed E-state index contributed by atoms with van der Waals surface area (Å²) in [6, 6.07) is 12.0. The van der Waals surface area contributed by atoms with Crippen molar-refractivity contribution in [1.82, 2.24) is 5.32 Å². The van der Waals surface area contributed by atoms with Gasteiger partial charge in [0.1, 0.15) is 5.54 Å². The first-order valence-corrected chi connectivity index (χ1v) is 9.17. The maximum Gasteiger partial charge on any atom is 0.269 e. The van der Waals surface area contributed by atoms with Crippen LogP contribution in [0.3, 0.4) is 0 Å². The number of carbonyl (C=O) groups excluding carboxylic acids is 3. The lowest BCUT2D eigenvalue weighted by atomic mass is 9.76. The maximum atomic E-state index is 13.4. The zero-order valence-electron chi connectivity index (χ0n) is 15.3. The summed E-state index contributed by atoms with van der Waals surface area (Å²) in [5.74, 6) is -2.87. The molecule has 3 aliphatic heterocycles. The van der Waals surface area contributed by atoms with Crippen molar-refractivity contribution in [2.24, 2.45) is 11.8 Å². The number of rotatable bonds is 2. The zero-order valence-corrected chi connectivity index (χ0v) is 15.3. The molecule has 9 heteroatoms. The number of fused-ring (bicyclic) bond motifs is 4. The number of nitro groups is 1. The van der Waals surface area contributed by atoms with Gasteiger partial charge in [-0.05, 0) is 25.1 Å². The number of nitrogens with zero attached hydrogens (tertiary/aromatic N) is 2. The van der Waals surface area contributed by atoms with Crippen molar-refractivity contribution in [2.75, 3.05) is 10.2 Å². The Hall–Kier alpha value is -3.59. The minimum Gasteiger partial charge on any atom is -0.324 e. The number of amides is 3. The van der Waals surface area contributed by atoms with Gasteiger partial charge in [0.2, 0.25) is 17.7 Å². The van der Waals surface area contributed by atoms with Crippen molar-refractivity contribution >= 4 is 34.8 Å². The summed E-state index contributed by atoms with van der Waals surface area (Å²) in [5.41, 5.74) is 0.0729. The van der Waals surface area contributed by atoms with Gasteiger partial charge in [-0.1, -0.05) is 18.2 Å². The lowest BCUT2D eigenvalue weighted by Gasteiger charge is -2.29. The largest absolute Gasteiger partial charge is 0.324 e. The Morgan fingerprint density at radius 1 is 1.03 bits per heavy atom. The molecule has 0 bridgehead atoms. The molecular formula is C20H16N4O5. The molecule has 9 nitrogen and oxygen atoms in total. The monoisotopic (exact) mass is 392 g/mol. The first-order valence-electron chi connectivity index (χ1n) is 9.17. The number of anilines is 2. The Morgan fingerprint density at radius 2 is 1.72 bits per heavy atom. The van der Waals surface area contributed by atoms with Crippen molar-refractivity contribution < 1.29 is 19.3 Å². The number of non-ortho nitro benzene ring substituents is 1. The Morgan fingerprint density at radius 3 is 2.41 bits per heavy atom. The van der Waals surface area contributed by atoms with Crippen LogP contribution in [0.5, 0.6) is 0 Å².